The van der Waals surface area contributed by atoms with E-state index in [9.17, 15) is 0 Å². The topological polar surface area (TPSA) is 18.5 Å². The Kier molecular flexibility index (Phi) is 4.48. The monoisotopic (exact) mass is 314 g/mol. The predicted octanol–water partition coefficient (Wildman–Crippen LogP) is 5.29. The van der Waals surface area contributed by atoms with Gasteiger partial charge in [0.1, 0.15) is 0 Å². The fourth-order valence-corrected chi connectivity index (χ4v) is 3.72. The number of hydrogen-bond acceptors (Lipinski definition) is 3. The summed E-state index contributed by atoms with van der Waals surface area (Å²) in [5.41, 5.74) is 3.47. The average molecular weight is 314 g/mol. The quantitative estimate of drug-likeness (QED) is 0.575. The van der Waals surface area contributed by atoms with E-state index in [-0.39, 0.29) is 5.60 Å². The molecule has 22 heavy (non-hydrogen) atoms. The third-order valence-corrected chi connectivity index (χ3v) is 4.79. The second-order valence-electron chi connectivity index (χ2n) is 5.90. The van der Waals surface area contributed by atoms with E-state index in [0.29, 0.717) is 13.2 Å². The van der Waals surface area contributed by atoms with Crippen LogP contribution in [0.2, 0.25) is 0 Å². The maximum atomic E-state index is 6.14. The van der Waals surface area contributed by atoms with E-state index in [1.54, 1.807) is 11.3 Å². The first-order valence-corrected chi connectivity index (χ1v) is 8.67. The highest BCUT2D eigenvalue weighted by Crippen LogP contribution is 2.42. The van der Waals surface area contributed by atoms with Crippen molar-refractivity contribution >= 4 is 22.1 Å². The molecule has 0 aromatic carbocycles. The van der Waals surface area contributed by atoms with Crippen LogP contribution in [-0.4, -0.2) is 19.8 Å². The molecule has 2 aliphatic rings. The highest BCUT2D eigenvalue weighted by molar-refractivity contribution is 7.09. The van der Waals surface area contributed by atoms with E-state index in [0.717, 1.165) is 6.61 Å². The van der Waals surface area contributed by atoms with Gasteiger partial charge in [-0.2, -0.15) is 11.3 Å². The van der Waals surface area contributed by atoms with Gasteiger partial charge in [0.05, 0.1) is 18.8 Å². The third-order valence-electron chi connectivity index (χ3n) is 4.02. The maximum Gasteiger partial charge on any atom is 0.0882 e. The standard InChI is InChI=1S/C19H22O2S/c1-4-20-9-10-21-19(2,3)17-8-6-5-7-14-11-15-12-22-13-16(15)18(14)17/h5-8,11-13H,4,9-10H2,1-3H3. The van der Waals surface area contributed by atoms with Crippen molar-refractivity contribution in [1.82, 2.24) is 0 Å². The molecule has 1 aromatic heterocycles. The second-order valence-corrected chi connectivity index (χ2v) is 6.65. The molecule has 0 bridgehead atoms. The molecule has 2 aliphatic carbocycles. The van der Waals surface area contributed by atoms with E-state index in [4.69, 9.17) is 9.47 Å². The van der Waals surface area contributed by atoms with Crippen LogP contribution >= 0.6 is 11.3 Å². The van der Waals surface area contributed by atoms with Crippen LogP contribution in [0.3, 0.4) is 0 Å². The Balaban J connectivity index is 2.01. The number of fused-ring (bicyclic) bond motifs is 3. The van der Waals surface area contributed by atoms with Crippen LogP contribution in [0.25, 0.3) is 21.9 Å². The van der Waals surface area contributed by atoms with E-state index in [1.165, 1.54) is 27.5 Å². The van der Waals surface area contributed by atoms with Gasteiger partial charge in [-0.3, -0.25) is 0 Å². The van der Waals surface area contributed by atoms with Crippen molar-refractivity contribution in [2.24, 2.45) is 0 Å². The van der Waals surface area contributed by atoms with Crippen molar-refractivity contribution in [3.63, 3.8) is 0 Å². The third kappa shape index (κ3) is 2.89. The summed E-state index contributed by atoms with van der Waals surface area (Å²) in [6.45, 7) is 8.25. The molecule has 2 nitrogen and oxygen atoms in total. The highest BCUT2D eigenvalue weighted by atomic mass is 32.1. The first-order chi connectivity index (χ1) is 10.6. The molecule has 0 saturated carbocycles. The summed E-state index contributed by atoms with van der Waals surface area (Å²) in [6, 6.07) is 10.8. The van der Waals surface area contributed by atoms with Crippen molar-refractivity contribution in [1.29, 1.82) is 0 Å². The van der Waals surface area contributed by atoms with Gasteiger partial charge in [-0.05, 0) is 59.7 Å². The smallest absolute Gasteiger partial charge is 0.0882 e. The predicted molar refractivity (Wildman–Crippen MR) is 93.9 cm³/mol. The molecule has 0 amide bonds. The molecule has 1 heterocycles. The van der Waals surface area contributed by atoms with Crippen molar-refractivity contribution in [3.8, 4) is 11.1 Å². The van der Waals surface area contributed by atoms with Crippen molar-refractivity contribution in [2.75, 3.05) is 19.8 Å². The van der Waals surface area contributed by atoms with Crippen molar-refractivity contribution in [2.45, 2.75) is 26.4 Å². The molecule has 0 spiro atoms. The number of ether oxygens (including phenoxy) is 2. The Bertz CT molecular complexity index is 729. The number of thiophene rings is 1. The molecule has 0 saturated heterocycles. The molecule has 0 radical (unpaired) electrons. The van der Waals surface area contributed by atoms with Gasteiger partial charge < -0.3 is 9.47 Å². The minimum Gasteiger partial charge on any atom is -0.379 e. The van der Waals surface area contributed by atoms with E-state index in [1.807, 2.05) is 6.92 Å². The lowest BCUT2D eigenvalue weighted by Crippen LogP contribution is -2.24. The van der Waals surface area contributed by atoms with Crippen LogP contribution in [0.5, 0.6) is 0 Å². The zero-order valence-electron chi connectivity index (χ0n) is 13.4. The zero-order chi connectivity index (χ0) is 15.6. The molecule has 0 aliphatic heterocycles. The molecular weight excluding hydrogens is 292 g/mol. The molecule has 0 N–H and O–H groups in total. The summed E-state index contributed by atoms with van der Waals surface area (Å²) in [5.74, 6) is 0. The molecule has 0 unspecified atom stereocenters. The Labute approximate surface area is 136 Å². The van der Waals surface area contributed by atoms with E-state index < -0.39 is 0 Å². The van der Waals surface area contributed by atoms with Gasteiger partial charge >= 0.3 is 0 Å². The second kappa shape index (κ2) is 6.37. The first-order valence-electron chi connectivity index (χ1n) is 7.73. The van der Waals surface area contributed by atoms with Gasteiger partial charge in [0.25, 0.3) is 0 Å². The fourth-order valence-electron chi connectivity index (χ4n) is 2.92. The minimum absolute atomic E-state index is 0.350. The molecule has 1 aromatic rings. The minimum atomic E-state index is -0.350. The van der Waals surface area contributed by atoms with Crippen LogP contribution in [0, 0.1) is 0 Å². The molecule has 0 atom stereocenters. The Morgan fingerprint density at radius 1 is 1.09 bits per heavy atom. The SMILES string of the molecule is CCOCCOC(C)(C)c1ccccc2cc3cscc3c1-2. The number of hydrogen-bond donors (Lipinski definition) is 0. The summed E-state index contributed by atoms with van der Waals surface area (Å²) < 4.78 is 11.5. The maximum absolute atomic E-state index is 6.14. The Morgan fingerprint density at radius 3 is 2.73 bits per heavy atom. The number of rotatable bonds is 6. The summed E-state index contributed by atoms with van der Waals surface area (Å²) in [7, 11) is 0. The molecule has 3 heteroatoms. The van der Waals surface area contributed by atoms with Gasteiger partial charge in [0.2, 0.25) is 0 Å². The summed E-state index contributed by atoms with van der Waals surface area (Å²) in [4.78, 5) is 0. The average Bonchev–Trinajstić information content (AvgIpc) is 2.99. The molecular formula is C19H22O2S. The largest absolute Gasteiger partial charge is 0.379 e. The summed E-state index contributed by atoms with van der Waals surface area (Å²) >= 11 is 1.75. The normalized spacial score (nSPS) is 12.3. The van der Waals surface area contributed by atoms with Crippen molar-refractivity contribution in [3.05, 3.63) is 46.7 Å². The van der Waals surface area contributed by atoms with Gasteiger partial charge in [-0.1, -0.05) is 24.3 Å². The van der Waals surface area contributed by atoms with Gasteiger partial charge in [0.15, 0.2) is 0 Å². The van der Waals surface area contributed by atoms with Crippen LogP contribution in [-0.2, 0) is 15.1 Å². The zero-order valence-corrected chi connectivity index (χ0v) is 14.2. The Morgan fingerprint density at radius 2 is 1.91 bits per heavy atom. The summed E-state index contributed by atoms with van der Waals surface area (Å²) in [6.07, 6.45) is 0. The first kappa shape index (κ1) is 15.5. The molecule has 3 rings (SSSR count). The highest BCUT2D eigenvalue weighted by Gasteiger charge is 2.26. The Hall–Kier alpha value is -1.42. The van der Waals surface area contributed by atoms with E-state index in [2.05, 4.69) is 54.9 Å². The van der Waals surface area contributed by atoms with Crippen LogP contribution < -0.4 is 0 Å². The summed E-state index contributed by atoms with van der Waals surface area (Å²) in [5, 5.41) is 7.09. The van der Waals surface area contributed by atoms with Crippen LogP contribution in [0.4, 0.5) is 0 Å². The molecule has 0 fully saturated rings. The van der Waals surface area contributed by atoms with E-state index >= 15 is 0 Å². The lowest BCUT2D eigenvalue weighted by Gasteiger charge is -2.27. The lowest BCUT2D eigenvalue weighted by atomic mass is 9.92. The van der Waals surface area contributed by atoms with Crippen molar-refractivity contribution < 1.29 is 9.47 Å². The fraction of sp³-hybridized carbons (Fsp3) is 0.368. The molecule has 116 valence electrons. The van der Waals surface area contributed by atoms with Gasteiger partial charge in [-0.25, -0.2) is 0 Å². The van der Waals surface area contributed by atoms with Gasteiger partial charge in [0, 0.05) is 12.0 Å². The van der Waals surface area contributed by atoms with Crippen LogP contribution in [0.15, 0.2) is 41.1 Å². The van der Waals surface area contributed by atoms with Gasteiger partial charge in [-0.15, -0.1) is 0 Å². The van der Waals surface area contributed by atoms with Crippen LogP contribution in [0.1, 0.15) is 26.3 Å². The lowest BCUT2D eigenvalue weighted by molar-refractivity contribution is -0.0478.